The van der Waals surface area contributed by atoms with Gasteiger partial charge in [-0.2, -0.15) is 0 Å². The van der Waals surface area contributed by atoms with E-state index in [9.17, 15) is 4.39 Å². The van der Waals surface area contributed by atoms with Crippen LogP contribution in [0.3, 0.4) is 0 Å². The topological polar surface area (TPSA) is 88.9 Å². The van der Waals surface area contributed by atoms with E-state index in [0.29, 0.717) is 6.54 Å². The Morgan fingerprint density at radius 3 is 1.53 bits per heavy atom. The molecule has 0 amide bonds. The summed E-state index contributed by atoms with van der Waals surface area (Å²) in [5.41, 5.74) is 13.2. The van der Waals surface area contributed by atoms with Gasteiger partial charge in [-0.3, -0.25) is 0 Å². The maximum atomic E-state index is 12.4. The molecular formula is C48H50FN9O2. The van der Waals surface area contributed by atoms with E-state index in [2.05, 4.69) is 62.4 Å². The molecular weight excluding hydrogens is 754 g/mol. The van der Waals surface area contributed by atoms with Crippen LogP contribution in [0.4, 0.5) is 21.5 Å². The van der Waals surface area contributed by atoms with Gasteiger partial charge in [-0.1, -0.05) is 48.0 Å². The number of aryl methyl sites for hydroxylation is 1. The first-order valence-corrected chi connectivity index (χ1v) is 19.6. The predicted molar refractivity (Wildman–Crippen MR) is 243 cm³/mol. The molecule has 0 radical (unpaired) electrons. The molecule has 9 rings (SSSR count). The highest BCUT2D eigenvalue weighted by molar-refractivity contribution is 5.68. The van der Waals surface area contributed by atoms with Gasteiger partial charge in [0.25, 0.3) is 0 Å². The molecule has 60 heavy (non-hydrogen) atoms. The third kappa shape index (κ3) is 9.50. The number of halogens is 1. The Bertz CT molecular complexity index is 2840. The Morgan fingerprint density at radius 1 is 0.583 bits per heavy atom. The van der Waals surface area contributed by atoms with Crippen molar-refractivity contribution < 1.29 is 13.9 Å². The zero-order valence-corrected chi connectivity index (χ0v) is 35.0. The molecule has 0 saturated carbocycles. The summed E-state index contributed by atoms with van der Waals surface area (Å²) in [6.07, 6.45) is 12.1. The summed E-state index contributed by atoms with van der Waals surface area (Å²) in [7, 11) is 11.2. The molecule has 0 aliphatic carbocycles. The van der Waals surface area contributed by atoms with Crippen LogP contribution in [0.15, 0.2) is 146 Å². The Labute approximate surface area is 349 Å². The van der Waals surface area contributed by atoms with Gasteiger partial charge in [-0.15, -0.1) is 0 Å². The van der Waals surface area contributed by atoms with Crippen LogP contribution in [0.1, 0.15) is 5.56 Å². The Hall–Kier alpha value is -7.34. The number of pyridine rings is 3. The second-order valence-electron chi connectivity index (χ2n) is 14.4. The van der Waals surface area contributed by atoms with E-state index in [-0.39, 0.29) is 6.67 Å². The molecule has 0 aliphatic rings. The molecule has 0 saturated heterocycles. The van der Waals surface area contributed by atoms with E-state index >= 15 is 0 Å². The molecule has 0 bridgehead atoms. The van der Waals surface area contributed by atoms with E-state index < -0.39 is 0 Å². The number of rotatable bonds is 10. The van der Waals surface area contributed by atoms with Crippen molar-refractivity contribution in [3.63, 3.8) is 0 Å². The number of aromatic nitrogens is 6. The van der Waals surface area contributed by atoms with Crippen LogP contribution in [0, 0.1) is 6.92 Å². The fourth-order valence-corrected chi connectivity index (χ4v) is 6.64. The zero-order valence-electron chi connectivity index (χ0n) is 35.0. The lowest BCUT2D eigenvalue weighted by atomic mass is 10.1. The summed E-state index contributed by atoms with van der Waals surface area (Å²) >= 11 is 0. The number of anilines is 3. The molecule has 0 aliphatic heterocycles. The number of methoxy groups -OCH3 is 2. The largest absolute Gasteiger partial charge is 0.497 e. The fourth-order valence-electron chi connectivity index (χ4n) is 6.64. The van der Waals surface area contributed by atoms with Crippen LogP contribution < -0.4 is 24.6 Å². The van der Waals surface area contributed by atoms with Crippen LogP contribution >= 0.6 is 0 Å². The highest BCUT2D eigenvalue weighted by Gasteiger charge is 2.10. The van der Waals surface area contributed by atoms with Crippen LogP contribution in [-0.4, -0.2) is 83.8 Å². The van der Waals surface area contributed by atoms with Crippen molar-refractivity contribution in [2.45, 2.75) is 6.92 Å². The molecule has 0 atom stereocenters. The van der Waals surface area contributed by atoms with Crippen molar-refractivity contribution in [3.8, 4) is 45.3 Å². The summed E-state index contributed by atoms with van der Waals surface area (Å²) in [6, 6.07) is 36.3. The van der Waals surface area contributed by atoms with Crippen molar-refractivity contribution in [1.29, 1.82) is 0 Å². The first-order chi connectivity index (χ1) is 29.1. The van der Waals surface area contributed by atoms with Gasteiger partial charge in [-0.25, -0.2) is 19.3 Å². The van der Waals surface area contributed by atoms with Crippen molar-refractivity contribution in [1.82, 2.24) is 28.2 Å². The SMILES string of the molecule is CNc1ccn2cc(-c3cccc(OC)c3)nc2c1.COc1cccc(-c2cn3ccc(N(C)C)cc3n2)c1.Cc1cccc(-c2cn3ccc(N(C)CCF)cc3n2)c1. The van der Waals surface area contributed by atoms with E-state index in [1.165, 1.54) is 5.56 Å². The third-order valence-corrected chi connectivity index (χ3v) is 10.1. The number of ether oxygens (including phenoxy) is 2. The highest BCUT2D eigenvalue weighted by Crippen LogP contribution is 2.27. The van der Waals surface area contributed by atoms with Gasteiger partial charge >= 0.3 is 0 Å². The van der Waals surface area contributed by atoms with Crippen molar-refractivity contribution in [3.05, 3.63) is 152 Å². The zero-order chi connectivity index (χ0) is 42.2. The number of fused-ring (bicyclic) bond motifs is 3. The lowest BCUT2D eigenvalue weighted by molar-refractivity contribution is 0.415. The lowest BCUT2D eigenvalue weighted by Gasteiger charge is -2.17. The van der Waals surface area contributed by atoms with E-state index in [0.717, 1.165) is 79.3 Å². The van der Waals surface area contributed by atoms with Gasteiger partial charge in [0.15, 0.2) is 0 Å². The molecule has 0 spiro atoms. The summed E-state index contributed by atoms with van der Waals surface area (Å²) in [5, 5.41) is 3.11. The molecule has 0 unspecified atom stereocenters. The highest BCUT2D eigenvalue weighted by atomic mass is 19.1. The number of hydrogen-bond acceptors (Lipinski definition) is 8. The number of imidazole rings is 3. The second kappa shape index (κ2) is 18.5. The Morgan fingerprint density at radius 2 is 1.05 bits per heavy atom. The monoisotopic (exact) mass is 803 g/mol. The van der Waals surface area contributed by atoms with Crippen LogP contribution in [0.25, 0.3) is 50.7 Å². The minimum atomic E-state index is -0.356. The maximum absolute atomic E-state index is 12.4. The van der Waals surface area contributed by atoms with Gasteiger partial charge in [-0.05, 0) is 55.5 Å². The Kier molecular flexibility index (Phi) is 12.6. The molecule has 9 aromatic rings. The smallest absolute Gasteiger partial charge is 0.139 e. The molecule has 6 aromatic heterocycles. The van der Waals surface area contributed by atoms with Gasteiger partial charge in [0, 0.05) is 124 Å². The predicted octanol–water partition coefficient (Wildman–Crippen LogP) is 9.84. The van der Waals surface area contributed by atoms with Crippen molar-refractivity contribution >= 4 is 34.0 Å². The summed E-state index contributed by atoms with van der Waals surface area (Å²) in [5.74, 6) is 1.68. The minimum absolute atomic E-state index is 0.356. The number of alkyl halides is 1. The number of nitrogens with zero attached hydrogens (tertiary/aromatic N) is 8. The molecule has 6 heterocycles. The molecule has 3 aromatic carbocycles. The average Bonchev–Trinajstić information content (AvgIpc) is 4.03. The summed E-state index contributed by atoms with van der Waals surface area (Å²) in [6.45, 7) is 2.11. The van der Waals surface area contributed by atoms with E-state index in [4.69, 9.17) is 9.47 Å². The second-order valence-corrected chi connectivity index (χ2v) is 14.4. The summed E-state index contributed by atoms with van der Waals surface area (Å²) in [4.78, 5) is 17.9. The van der Waals surface area contributed by atoms with Crippen LogP contribution in [0.2, 0.25) is 0 Å². The number of nitrogens with one attached hydrogen (secondary N) is 1. The number of benzene rings is 3. The average molecular weight is 804 g/mol. The summed E-state index contributed by atoms with van der Waals surface area (Å²) < 4.78 is 29.0. The van der Waals surface area contributed by atoms with Gasteiger partial charge in [0.2, 0.25) is 0 Å². The van der Waals surface area contributed by atoms with E-state index in [1.54, 1.807) is 14.2 Å². The maximum Gasteiger partial charge on any atom is 0.139 e. The number of hydrogen-bond donors (Lipinski definition) is 1. The molecule has 1 N–H and O–H groups in total. The molecule has 0 fully saturated rings. The van der Waals surface area contributed by atoms with Gasteiger partial charge in [0.1, 0.15) is 35.1 Å². The third-order valence-electron chi connectivity index (χ3n) is 10.1. The quantitative estimate of drug-likeness (QED) is 0.146. The normalized spacial score (nSPS) is 10.8. The van der Waals surface area contributed by atoms with Gasteiger partial charge in [0.05, 0.1) is 31.3 Å². The first kappa shape index (κ1) is 40.8. The standard InChI is InChI=1S/C17H18FN3.C16H17N3O.C15H15N3O/c1-13-4-3-5-14(10-13)16-12-21-8-6-15(11-17(21)19-16)20(2)9-7-18;1-18(2)13-7-8-19-11-15(17-16(19)10-13)12-5-4-6-14(9-12)20-3;1-16-12-6-7-18-10-14(17-15(18)9-12)11-4-3-5-13(8-11)19-2/h3-6,8,10-12H,7,9H2,1-2H3;4-11H,1-3H3;3-10,16H,1-2H3. The fraction of sp³-hybridized carbons (Fsp3) is 0.188. The Balaban J connectivity index is 0.000000136. The van der Waals surface area contributed by atoms with Crippen LogP contribution in [-0.2, 0) is 0 Å². The van der Waals surface area contributed by atoms with Crippen LogP contribution in [0.5, 0.6) is 11.5 Å². The van der Waals surface area contributed by atoms with Gasteiger partial charge < -0.3 is 37.8 Å². The molecule has 12 heteroatoms. The van der Waals surface area contributed by atoms with Crippen molar-refractivity contribution in [2.75, 3.05) is 70.7 Å². The van der Waals surface area contributed by atoms with Crippen molar-refractivity contribution in [2.24, 2.45) is 0 Å². The minimum Gasteiger partial charge on any atom is -0.497 e. The molecule has 11 nitrogen and oxygen atoms in total. The first-order valence-electron chi connectivity index (χ1n) is 19.6. The molecule has 306 valence electrons. The van der Waals surface area contributed by atoms with E-state index in [1.807, 2.05) is 162 Å². The lowest BCUT2D eigenvalue weighted by Crippen LogP contribution is -2.19.